The maximum absolute atomic E-state index is 5.36. The number of nitrogens with zero attached hydrogens (tertiary/aromatic N) is 1. The normalized spacial score (nSPS) is 20.2. The number of nitrogens with one attached hydrogen (secondary N) is 1. The van der Waals surface area contributed by atoms with Gasteiger partial charge in [-0.25, -0.2) is 0 Å². The van der Waals surface area contributed by atoms with Gasteiger partial charge in [-0.15, -0.1) is 0 Å². The molecule has 0 aromatic rings. The predicted molar refractivity (Wildman–Crippen MR) is 68.8 cm³/mol. The van der Waals surface area contributed by atoms with Crippen molar-refractivity contribution in [2.75, 3.05) is 33.4 Å². The topological polar surface area (TPSA) is 24.5 Å². The first-order chi connectivity index (χ1) is 7.62. The van der Waals surface area contributed by atoms with Crippen molar-refractivity contribution in [3.63, 3.8) is 0 Å². The fourth-order valence-electron chi connectivity index (χ4n) is 2.51. The van der Waals surface area contributed by atoms with Gasteiger partial charge in [0, 0.05) is 18.7 Å². The highest BCUT2D eigenvalue weighted by atomic mass is 16.5. The van der Waals surface area contributed by atoms with E-state index in [0.717, 1.165) is 13.2 Å². The Hall–Kier alpha value is -0.120. The Morgan fingerprint density at radius 1 is 1.31 bits per heavy atom. The minimum atomic E-state index is 0.196. The van der Waals surface area contributed by atoms with E-state index in [-0.39, 0.29) is 5.54 Å². The molecule has 0 radical (unpaired) electrons. The molecule has 1 saturated heterocycles. The van der Waals surface area contributed by atoms with Crippen molar-refractivity contribution in [1.29, 1.82) is 0 Å². The third-order valence-electron chi connectivity index (χ3n) is 3.75. The molecule has 0 spiro atoms. The van der Waals surface area contributed by atoms with Crippen molar-refractivity contribution in [1.82, 2.24) is 10.2 Å². The predicted octanol–water partition coefficient (Wildman–Crippen LogP) is 1.88. The first-order valence-corrected chi connectivity index (χ1v) is 6.60. The number of methoxy groups -OCH3 is 1. The van der Waals surface area contributed by atoms with Crippen molar-refractivity contribution in [3.05, 3.63) is 0 Å². The van der Waals surface area contributed by atoms with E-state index in [1.54, 1.807) is 7.11 Å². The van der Waals surface area contributed by atoms with Crippen molar-refractivity contribution in [3.8, 4) is 0 Å². The molecule has 1 unspecified atom stereocenters. The van der Waals surface area contributed by atoms with Crippen molar-refractivity contribution in [2.24, 2.45) is 0 Å². The molecule has 0 aromatic heterocycles. The third kappa shape index (κ3) is 3.44. The van der Waals surface area contributed by atoms with Gasteiger partial charge in [-0.05, 0) is 52.7 Å². The second-order valence-electron chi connectivity index (χ2n) is 5.31. The third-order valence-corrected chi connectivity index (χ3v) is 3.75. The molecule has 96 valence electrons. The first kappa shape index (κ1) is 13.9. The molecule has 3 heteroatoms. The molecule has 0 bridgehead atoms. The van der Waals surface area contributed by atoms with Gasteiger partial charge in [-0.3, -0.25) is 4.90 Å². The zero-order valence-corrected chi connectivity index (χ0v) is 11.4. The second-order valence-corrected chi connectivity index (χ2v) is 5.31. The highest BCUT2D eigenvalue weighted by molar-refractivity contribution is 4.95. The smallest absolute Gasteiger partial charge is 0.0633 e. The summed E-state index contributed by atoms with van der Waals surface area (Å²) >= 11 is 0. The van der Waals surface area contributed by atoms with Gasteiger partial charge >= 0.3 is 0 Å². The van der Waals surface area contributed by atoms with E-state index in [4.69, 9.17) is 4.74 Å². The number of hydrogen-bond donors (Lipinski definition) is 1. The summed E-state index contributed by atoms with van der Waals surface area (Å²) in [5, 5.41) is 3.62. The Bertz CT molecular complexity index is 188. The largest absolute Gasteiger partial charge is 0.383 e. The minimum Gasteiger partial charge on any atom is -0.383 e. The van der Waals surface area contributed by atoms with Crippen LogP contribution in [0, 0.1) is 0 Å². The van der Waals surface area contributed by atoms with Crippen LogP contribution in [0.25, 0.3) is 0 Å². The summed E-state index contributed by atoms with van der Waals surface area (Å²) in [5.41, 5.74) is 0.196. The number of ether oxygens (including phenoxy) is 1. The fourth-order valence-corrected chi connectivity index (χ4v) is 2.51. The van der Waals surface area contributed by atoms with Crippen LogP contribution in [0.4, 0.5) is 0 Å². The molecule has 0 saturated carbocycles. The van der Waals surface area contributed by atoms with Gasteiger partial charge in [-0.1, -0.05) is 6.92 Å². The fraction of sp³-hybridized carbons (Fsp3) is 1.00. The minimum absolute atomic E-state index is 0.196. The summed E-state index contributed by atoms with van der Waals surface area (Å²) in [6.07, 6.45) is 3.87. The zero-order valence-electron chi connectivity index (χ0n) is 11.4. The van der Waals surface area contributed by atoms with Gasteiger partial charge in [0.05, 0.1) is 6.61 Å². The lowest BCUT2D eigenvalue weighted by Gasteiger charge is -2.42. The van der Waals surface area contributed by atoms with Crippen LogP contribution in [-0.4, -0.2) is 49.8 Å². The molecule has 16 heavy (non-hydrogen) atoms. The van der Waals surface area contributed by atoms with E-state index in [1.807, 2.05) is 0 Å². The Balaban J connectivity index is 2.57. The van der Waals surface area contributed by atoms with E-state index in [2.05, 4.69) is 31.0 Å². The average Bonchev–Trinajstić information content (AvgIpc) is 2.77. The van der Waals surface area contributed by atoms with Crippen LogP contribution < -0.4 is 5.32 Å². The van der Waals surface area contributed by atoms with Gasteiger partial charge in [0.1, 0.15) is 0 Å². The van der Waals surface area contributed by atoms with E-state index in [9.17, 15) is 0 Å². The summed E-state index contributed by atoms with van der Waals surface area (Å²) in [7, 11) is 1.79. The molecule has 1 aliphatic rings. The van der Waals surface area contributed by atoms with Crippen molar-refractivity contribution >= 4 is 0 Å². The Kier molecular flexibility index (Phi) is 5.73. The van der Waals surface area contributed by atoms with Crippen LogP contribution in [0.3, 0.4) is 0 Å². The Morgan fingerprint density at radius 3 is 2.44 bits per heavy atom. The molecular formula is C13H28N2O. The maximum atomic E-state index is 5.36. The Labute approximate surface area is 101 Å². The number of hydrogen-bond acceptors (Lipinski definition) is 3. The number of rotatable bonds is 7. The highest BCUT2D eigenvalue weighted by Crippen LogP contribution is 2.24. The maximum Gasteiger partial charge on any atom is 0.0633 e. The summed E-state index contributed by atoms with van der Waals surface area (Å²) in [6, 6.07) is 0.426. The van der Waals surface area contributed by atoms with Gasteiger partial charge in [-0.2, -0.15) is 0 Å². The molecule has 1 rings (SSSR count). The molecule has 0 amide bonds. The van der Waals surface area contributed by atoms with Crippen LogP contribution in [0.15, 0.2) is 0 Å². The lowest BCUT2D eigenvalue weighted by atomic mass is 9.93. The lowest BCUT2D eigenvalue weighted by Crippen LogP contribution is -2.58. The molecular weight excluding hydrogens is 200 g/mol. The monoisotopic (exact) mass is 228 g/mol. The number of likely N-dealkylation sites (tertiary alicyclic amines) is 1. The van der Waals surface area contributed by atoms with Gasteiger partial charge in [0.2, 0.25) is 0 Å². The van der Waals surface area contributed by atoms with Crippen LogP contribution in [0.5, 0.6) is 0 Å². The van der Waals surface area contributed by atoms with Gasteiger partial charge in [0.25, 0.3) is 0 Å². The summed E-state index contributed by atoms with van der Waals surface area (Å²) in [4.78, 5) is 2.60. The Morgan fingerprint density at radius 2 is 1.94 bits per heavy atom. The van der Waals surface area contributed by atoms with E-state index in [1.165, 1.54) is 32.4 Å². The van der Waals surface area contributed by atoms with Crippen LogP contribution in [0.1, 0.15) is 40.0 Å². The van der Waals surface area contributed by atoms with Gasteiger partial charge < -0.3 is 10.1 Å². The SMILES string of the molecule is CCCNC(COC)C(C)(C)N1CCCC1. The van der Waals surface area contributed by atoms with Crippen molar-refractivity contribution < 1.29 is 4.74 Å². The molecule has 1 fully saturated rings. The molecule has 1 heterocycles. The van der Waals surface area contributed by atoms with Crippen LogP contribution >= 0.6 is 0 Å². The standard InChI is InChI=1S/C13H28N2O/c1-5-8-14-12(11-16-4)13(2,3)15-9-6-7-10-15/h12,14H,5-11H2,1-4H3. The average molecular weight is 228 g/mol. The van der Waals surface area contributed by atoms with E-state index < -0.39 is 0 Å². The summed E-state index contributed by atoms with van der Waals surface area (Å²) < 4.78 is 5.36. The molecule has 1 atom stereocenters. The quantitative estimate of drug-likeness (QED) is 0.720. The van der Waals surface area contributed by atoms with Gasteiger partial charge in [0.15, 0.2) is 0 Å². The zero-order chi connectivity index (χ0) is 12.0. The van der Waals surface area contributed by atoms with Crippen LogP contribution in [0.2, 0.25) is 0 Å². The van der Waals surface area contributed by atoms with E-state index in [0.29, 0.717) is 6.04 Å². The van der Waals surface area contributed by atoms with E-state index >= 15 is 0 Å². The molecule has 3 nitrogen and oxygen atoms in total. The highest BCUT2D eigenvalue weighted by Gasteiger charge is 2.36. The summed E-state index contributed by atoms with van der Waals surface area (Å²) in [5.74, 6) is 0. The first-order valence-electron chi connectivity index (χ1n) is 6.60. The summed E-state index contributed by atoms with van der Waals surface area (Å²) in [6.45, 7) is 11.2. The lowest BCUT2D eigenvalue weighted by molar-refractivity contribution is 0.0556. The molecule has 1 aliphatic heterocycles. The van der Waals surface area contributed by atoms with Crippen molar-refractivity contribution in [2.45, 2.75) is 51.6 Å². The van der Waals surface area contributed by atoms with Crippen LogP contribution in [-0.2, 0) is 4.74 Å². The molecule has 0 aliphatic carbocycles. The molecule has 0 aromatic carbocycles. The molecule has 1 N–H and O–H groups in total. The second kappa shape index (κ2) is 6.58.